The van der Waals surface area contributed by atoms with Crippen LogP contribution in [-0.4, -0.2) is 42.5 Å². The fourth-order valence-corrected chi connectivity index (χ4v) is 2.17. The van der Waals surface area contributed by atoms with Gasteiger partial charge in [-0.1, -0.05) is 13.8 Å². The second-order valence-electron chi connectivity index (χ2n) is 5.76. The molecule has 0 radical (unpaired) electrons. The largest absolute Gasteiger partial charge is 0.397 e. The first kappa shape index (κ1) is 16.2. The van der Waals surface area contributed by atoms with Crippen LogP contribution in [-0.2, 0) is 0 Å². The average molecular weight is 279 g/mol. The van der Waals surface area contributed by atoms with Crippen LogP contribution >= 0.6 is 0 Å². The fraction of sp³-hybridized carbons (Fsp3) is 0.571. The Kier molecular flexibility index (Phi) is 5.76. The third kappa shape index (κ3) is 5.05. The molecule has 0 aliphatic rings. The molecule has 20 heavy (non-hydrogen) atoms. The summed E-state index contributed by atoms with van der Waals surface area (Å²) in [5.74, 6) is 0.512. The minimum absolute atomic E-state index is 0.194. The SMILES string of the molecule is CC(C)CC(CN(C)C)Nc1ncc(N)cc1C(N)=O. The molecule has 1 heterocycles. The van der Waals surface area contributed by atoms with Crippen LogP contribution in [0.25, 0.3) is 0 Å². The smallest absolute Gasteiger partial charge is 0.252 e. The number of nitrogen functional groups attached to an aromatic ring is 1. The van der Waals surface area contributed by atoms with E-state index in [0.29, 0.717) is 23.0 Å². The van der Waals surface area contributed by atoms with E-state index in [0.717, 1.165) is 13.0 Å². The number of hydrogen-bond donors (Lipinski definition) is 3. The second kappa shape index (κ2) is 7.09. The molecule has 6 nitrogen and oxygen atoms in total. The van der Waals surface area contributed by atoms with E-state index in [-0.39, 0.29) is 6.04 Å². The van der Waals surface area contributed by atoms with Gasteiger partial charge in [0.25, 0.3) is 5.91 Å². The van der Waals surface area contributed by atoms with Crippen molar-refractivity contribution in [3.63, 3.8) is 0 Å². The summed E-state index contributed by atoms with van der Waals surface area (Å²) in [4.78, 5) is 17.8. The maximum absolute atomic E-state index is 11.5. The summed E-state index contributed by atoms with van der Waals surface area (Å²) in [5, 5.41) is 3.31. The number of anilines is 2. The van der Waals surface area contributed by atoms with E-state index in [2.05, 4.69) is 29.0 Å². The molecule has 0 aromatic carbocycles. The van der Waals surface area contributed by atoms with Crippen molar-refractivity contribution in [1.82, 2.24) is 9.88 Å². The van der Waals surface area contributed by atoms with Crippen LogP contribution in [0.4, 0.5) is 11.5 Å². The molecule has 1 aromatic rings. The number of amides is 1. The summed E-state index contributed by atoms with van der Waals surface area (Å²) in [5.41, 5.74) is 11.8. The molecule has 6 heteroatoms. The van der Waals surface area contributed by atoms with Crippen molar-refractivity contribution < 1.29 is 4.79 Å². The zero-order chi connectivity index (χ0) is 15.3. The van der Waals surface area contributed by atoms with E-state index >= 15 is 0 Å². The lowest BCUT2D eigenvalue weighted by Gasteiger charge is -2.25. The number of carbonyl (C=O) groups is 1. The predicted octanol–water partition coefficient (Wildman–Crippen LogP) is 1.15. The topological polar surface area (TPSA) is 97.3 Å². The first-order valence-electron chi connectivity index (χ1n) is 6.76. The Morgan fingerprint density at radius 2 is 2.10 bits per heavy atom. The molecule has 0 saturated carbocycles. The number of primary amides is 1. The summed E-state index contributed by atoms with van der Waals surface area (Å²) < 4.78 is 0. The van der Waals surface area contributed by atoms with Crippen LogP contribution in [0.5, 0.6) is 0 Å². The highest BCUT2D eigenvalue weighted by molar-refractivity contribution is 5.98. The minimum atomic E-state index is -0.527. The Morgan fingerprint density at radius 3 is 2.60 bits per heavy atom. The number of nitrogens with zero attached hydrogens (tertiary/aromatic N) is 2. The zero-order valence-electron chi connectivity index (χ0n) is 12.7. The molecule has 0 aliphatic heterocycles. The van der Waals surface area contributed by atoms with Crippen LogP contribution < -0.4 is 16.8 Å². The normalized spacial score (nSPS) is 12.7. The van der Waals surface area contributed by atoms with Gasteiger partial charge < -0.3 is 21.7 Å². The maximum atomic E-state index is 11.5. The standard InChI is InChI=1S/C14H25N5O/c1-9(2)5-11(8-19(3)4)18-14-12(13(16)20)6-10(15)7-17-14/h6-7,9,11H,5,8,15H2,1-4H3,(H2,16,20)(H,17,18). The maximum Gasteiger partial charge on any atom is 0.252 e. The number of hydrogen-bond acceptors (Lipinski definition) is 5. The van der Waals surface area contributed by atoms with E-state index in [4.69, 9.17) is 11.5 Å². The predicted molar refractivity (Wildman–Crippen MR) is 82.6 cm³/mol. The van der Waals surface area contributed by atoms with Crippen molar-refractivity contribution in [1.29, 1.82) is 0 Å². The van der Waals surface area contributed by atoms with Crippen molar-refractivity contribution >= 4 is 17.4 Å². The quantitative estimate of drug-likeness (QED) is 0.695. The lowest BCUT2D eigenvalue weighted by atomic mass is 10.0. The van der Waals surface area contributed by atoms with Crippen LogP contribution in [0.1, 0.15) is 30.6 Å². The van der Waals surface area contributed by atoms with Crippen molar-refractivity contribution in [2.75, 3.05) is 31.7 Å². The highest BCUT2D eigenvalue weighted by Gasteiger charge is 2.17. The van der Waals surface area contributed by atoms with Crippen LogP contribution in [0.15, 0.2) is 12.3 Å². The molecule has 1 atom stereocenters. The van der Waals surface area contributed by atoms with Crippen molar-refractivity contribution in [3.05, 3.63) is 17.8 Å². The van der Waals surface area contributed by atoms with Crippen LogP contribution in [0, 0.1) is 5.92 Å². The Hall–Kier alpha value is -1.82. The van der Waals surface area contributed by atoms with E-state index in [9.17, 15) is 4.79 Å². The third-order valence-electron chi connectivity index (χ3n) is 2.86. The van der Waals surface area contributed by atoms with Crippen molar-refractivity contribution in [3.8, 4) is 0 Å². The molecule has 0 aliphatic carbocycles. The van der Waals surface area contributed by atoms with Gasteiger partial charge in [0.15, 0.2) is 0 Å². The number of carbonyl (C=O) groups excluding carboxylic acids is 1. The van der Waals surface area contributed by atoms with E-state index in [1.54, 1.807) is 6.07 Å². The zero-order valence-corrected chi connectivity index (χ0v) is 12.7. The van der Waals surface area contributed by atoms with Gasteiger partial charge in [-0.3, -0.25) is 4.79 Å². The van der Waals surface area contributed by atoms with Gasteiger partial charge in [0.2, 0.25) is 0 Å². The molecular formula is C14H25N5O. The Bertz CT molecular complexity index is 449. The third-order valence-corrected chi connectivity index (χ3v) is 2.86. The number of nitrogens with two attached hydrogens (primary N) is 2. The number of pyridine rings is 1. The van der Waals surface area contributed by atoms with E-state index in [1.165, 1.54) is 6.20 Å². The first-order chi connectivity index (χ1) is 9.29. The van der Waals surface area contributed by atoms with Gasteiger partial charge >= 0.3 is 0 Å². The van der Waals surface area contributed by atoms with Gasteiger partial charge in [-0.05, 0) is 32.5 Å². The highest BCUT2D eigenvalue weighted by atomic mass is 16.1. The molecule has 0 saturated heterocycles. The molecule has 1 aromatic heterocycles. The van der Waals surface area contributed by atoms with Crippen molar-refractivity contribution in [2.24, 2.45) is 11.7 Å². The summed E-state index contributed by atoms with van der Waals surface area (Å²) in [6, 6.07) is 1.75. The number of nitrogens with one attached hydrogen (secondary N) is 1. The first-order valence-corrected chi connectivity index (χ1v) is 6.76. The number of likely N-dealkylation sites (N-methyl/N-ethyl adjacent to an activating group) is 1. The summed E-state index contributed by atoms with van der Waals surface area (Å²) in [6.45, 7) is 5.17. The number of rotatable bonds is 7. The summed E-state index contributed by atoms with van der Waals surface area (Å²) in [6.07, 6.45) is 2.50. The molecule has 0 bridgehead atoms. The summed E-state index contributed by atoms with van der Waals surface area (Å²) in [7, 11) is 4.03. The Labute approximate surface area is 120 Å². The van der Waals surface area contributed by atoms with Gasteiger partial charge in [0, 0.05) is 12.6 Å². The molecule has 0 fully saturated rings. The molecular weight excluding hydrogens is 254 g/mol. The molecule has 1 amide bonds. The van der Waals surface area contributed by atoms with Crippen LogP contribution in [0.2, 0.25) is 0 Å². The molecule has 112 valence electrons. The van der Waals surface area contributed by atoms with E-state index < -0.39 is 5.91 Å². The lowest BCUT2D eigenvalue weighted by Crippen LogP contribution is -2.34. The second-order valence-corrected chi connectivity index (χ2v) is 5.76. The van der Waals surface area contributed by atoms with Crippen LogP contribution in [0.3, 0.4) is 0 Å². The molecule has 5 N–H and O–H groups in total. The Morgan fingerprint density at radius 1 is 1.45 bits per heavy atom. The van der Waals surface area contributed by atoms with Gasteiger partial charge in [0.1, 0.15) is 5.82 Å². The van der Waals surface area contributed by atoms with Crippen molar-refractivity contribution in [2.45, 2.75) is 26.3 Å². The minimum Gasteiger partial charge on any atom is -0.397 e. The average Bonchev–Trinajstić information content (AvgIpc) is 2.29. The summed E-state index contributed by atoms with van der Waals surface area (Å²) >= 11 is 0. The van der Waals surface area contributed by atoms with Gasteiger partial charge in [-0.15, -0.1) is 0 Å². The van der Waals surface area contributed by atoms with Gasteiger partial charge in [-0.2, -0.15) is 0 Å². The van der Waals surface area contributed by atoms with Gasteiger partial charge in [0.05, 0.1) is 17.4 Å². The fourth-order valence-electron chi connectivity index (χ4n) is 2.17. The Balaban J connectivity index is 2.94. The van der Waals surface area contributed by atoms with Gasteiger partial charge in [-0.25, -0.2) is 4.98 Å². The lowest BCUT2D eigenvalue weighted by molar-refractivity contribution is 0.100. The molecule has 1 rings (SSSR count). The monoisotopic (exact) mass is 279 g/mol. The van der Waals surface area contributed by atoms with E-state index in [1.807, 2.05) is 14.1 Å². The molecule has 1 unspecified atom stereocenters. The highest BCUT2D eigenvalue weighted by Crippen LogP contribution is 2.18. The number of aromatic nitrogens is 1. The molecule has 0 spiro atoms.